The normalized spacial score (nSPS) is 10.4. The van der Waals surface area contributed by atoms with Gasteiger partial charge in [0, 0.05) is 12.3 Å². The molecule has 0 bridgehead atoms. The van der Waals surface area contributed by atoms with Gasteiger partial charge in [-0.2, -0.15) is 0 Å². The van der Waals surface area contributed by atoms with E-state index in [9.17, 15) is 4.79 Å². The Bertz CT molecular complexity index is 914. The highest BCUT2D eigenvalue weighted by Crippen LogP contribution is 2.30. The number of halogens is 2. The Morgan fingerprint density at radius 3 is 2.54 bits per heavy atom. The maximum absolute atomic E-state index is 12.5. The molecule has 0 fully saturated rings. The molecule has 132 valence electrons. The third-order valence-electron chi connectivity index (χ3n) is 3.45. The van der Waals surface area contributed by atoms with E-state index in [1.807, 2.05) is 18.2 Å². The van der Waals surface area contributed by atoms with E-state index >= 15 is 0 Å². The molecular weight excluding hydrogens is 373 g/mol. The van der Waals surface area contributed by atoms with E-state index in [1.54, 1.807) is 37.4 Å². The molecule has 1 amide bonds. The standard InChI is InChI=1S/C18H15Cl2N5O/c1-11-23-15(18(26)25-17-13(19)6-4-7-14(17)20)9-16(24-11)22-10-12-5-2-3-8-21-12/h2-9H,10H2,1H3,(H,25,26)(H,22,23,24). The van der Waals surface area contributed by atoms with Gasteiger partial charge < -0.3 is 10.6 Å². The number of hydrogen-bond donors (Lipinski definition) is 2. The van der Waals surface area contributed by atoms with Crippen molar-refractivity contribution in [2.75, 3.05) is 10.6 Å². The molecule has 2 aromatic heterocycles. The summed E-state index contributed by atoms with van der Waals surface area (Å²) in [6.45, 7) is 2.19. The molecule has 2 N–H and O–H groups in total. The molecule has 1 aromatic carbocycles. The quantitative estimate of drug-likeness (QED) is 0.679. The lowest BCUT2D eigenvalue weighted by molar-refractivity contribution is 0.102. The Morgan fingerprint density at radius 2 is 1.85 bits per heavy atom. The van der Waals surface area contributed by atoms with Crippen molar-refractivity contribution in [3.05, 3.63) is 75.9 Å². The lowest BCUT2D eigenvalue weighted by Gasteiger charge is -2.11. The Kier molecular flexibility index (Phi) is 5.65. The van der Waals surface area contributed by atoms with Crippen LogP contribution in [0.4, 0.5) is 11.5 Å². The molecule has 0 saturated heterocycles. The molecule has 3 rings (SSSR count). The molecule has 26 heavy (non-hydrogen) atoms. The van der Waals surface area contributed by atoms with Crippen LogP contribution in [0.2, 0.25) is 10.0 Å². The zero-order valence-corrected chi connectivity index (χ0v) is 15.3. The van der Waals surface area contributed by atoms with Gasteiger partial charge in [0.25, 0.3) is 5.91 Å². The summed E-state index contributed by atoms with van der Waals surface area (Å²) in [6, 6.07) is 12.2. The largest absolute Gasteiger partial charge is 0.364 e. The number of rotatable bonds is 5. The topological polar surface area (TPSA) is 79.8 Å². The fourth-order valence-electron chi connectivity index (χ4n) is 2.25. The number of pyridine rings is 1. The van der Waals surface area contributed by atoms with Crippen LogP contribution in [0.3, 0.4) is 0 Å². The van der Waals surface area contributed by atoms with Crippen LogP contribution < -0.4 is 10.6 Å². The monoisotopic (exact) mass is 387 g/mol. The van der Waals surface area contributed by atoms with Gasteiger partial charge in [-0.05, 0) is 31.2 Å². The summed E-state index contributed by atoms with van der Waals surface area (Å²) in [5, 5.41) is 6.53. The number of amides is 1. The van der Waals surface area contributed by atoms with Crippen molar-refractivity contribution in [3.8, 4) is 0 Å². The van der Waals surface area contributed by atoms with Crippen LogP contribution in [0.1, 0.15) is 22.0 Å². The molecule has 0 saturated carbocycles. The van der Waals surface area contributed by atoms with Gasteiger partial charge in [-0.15, -0.1) is 0 Å². The lowest BCUT2D eigenvalue weighted by Crippen LogP contribution is -2.16. The first-order chi connectivity index (χ1) is 12.5. The number of para-hydroxylation sites is 1. The highest BCUT2D eigenvalue weighted by molar-refractivity contribution is 6.40. The number of nitrogens with one attached hydrogen (secondary N) is 2. The van der Waals surface area contributed by atoms with Crippen molar-refractivity contribution in [2.45, 2.75) is 13.5 Å². The van der Waals surface area contributed by atoms with Crippen LogP contribution in [0.25, 0.3) is 0 Å². The number of hydrogen-bond acceptors (Lipinski definition) is 5. The molecule has 8 heteroatoms. The highest BCUT2D eigenvalue weighted by Gasteiger charge is 2.14. The van der Waals surface area contributed by atoms with E-state index < -0.39 is 5.91 Å². The number of aryl methyl sites for hydroxylation is 1. The van der Waals surface area contributed by atoms with Crippen molar-refractivity contribution in [3.63, 3.8) is 0 Å². The molecule has 0 spiro atoms. The maximum Gasteiger partial charge on any atom is 0.274 e. The average Bonchev–Trinajstić information content (AvgIpc) is 2.63. The minimum absolute atomic E-state index is 0.206. The first-order valence-corrected chi connectivity index (χ1v) is 8.53. The van der Waals surface area contributed by atoms with Crippen LogP contribution in [0.15, 0.2) is 48.7 Å². The molecule has 0 aliphatic carbocycles. The summed E-state index contributed by atoms with van der Waals surface area (Å²) >= 11 is 12.2. The summed E-state index contributed by atoms with van der Waals surface area (Å²) in [5.74, 6) is 0.566. The molecule has 6 nitrogen and oxygen atoms in total. The van der Waals surface area contributed by atoms with Gasteiger partial charge in [0.05, 0.1) is 28.0 Å². The highest BCUT2D eigenvalue weighted by atomic mass is 35.5. The van der Waals surface area contributed by atoms with E-state index in [1.165, 1.54) is 0 Å². The number of benzene rings is 1. The summed E-state index contributed by atoms with van der Waals surface area (Å²) in [7, 11) is 0. The van der Waals surface area contributed by atoms with Crippen LogP contribution >= 0.6 is 23.2 Å². The summed E-state index contributed by atoms with van der Waals surface area (Å²) in [4.78, 5) is 25.2. The summed E-state index contributed by atoms with van der Waals surface area (Å²) in [5.41, 5.74) is 1.41. The Labute approximate surface area is 160 Å². The minimum atomic E-state index is -0.425. The predicted octanol–water partition coefficient (Wildman–Crippen LogP) is 4.35. The zero-order valence-electron chi connectivity index (χ0n) is 13.8. The SMILES string of the molecule is Cc1nc(NCc2ccccn2)cc(C(=O)Nc2c(Cl)cccc2Cl)n1. The van der Waals surface area contributed by atoms with Gasteiger partial charge in [-0.3, -0.25) is 9.78 Å². The van der Waals surface area contributed by atoms with E-state index in [4.69, 9.17) is 23.2 Å². The first-order valence-electron chi connectivity index (χ1n) is 7.78. The van der Waals surface area contributed by atoms with Gasteiger partial charge in [0.15, 0.2) is 0 Å². The summed E-state index contributed by atoms with van der Waals surface area (Å²) < 4.78 is 0. The van der Waals surface area contributed by atoms with E-state index in [2.05, 4.69) is 25.6 Å². The van der Waals surface area contributed by atoms with E-state index in [-0.39, 0.29) is 5.69 Å². The van der Waals surface area contributed by atoms with Gasteiger partial charge >= 0.3 is 0 Å². The van der Waals surface area contributed by atoms with Crippen molar-refractivity contribution in [2.24, 2.45) is 0 Å². The average molecular weight is 388 g/mol. The second kappa shape index (κ2) is 8.12. The van der Waals surface area contributed by atoms with E-state index in [0.717, 1.165) is 5.69 Å². The summed E-state index contributed by atoms with van der Waals surface area (Å²) in [6.07, 6.45) is 1.72. The van der Waals surface area contributed by atoms with Crippen LogP contribution in [-0.2, 0) is 6.54 Å². The number of aromatic nitrogens is 3. The Morgan fingerprint density at radius 1 is 1.08 bits per heavy atom. The van der Waals surface area contributed by atoms with Gasteiger partial charge in [-0.1, -0.05) is 35.3 Å². The molecular formula is C18H15Cl2N5O. The van der Waals surface area contributed by atoms with Gasteiger partial charge in [-0.25, -0.2) is 9.97 Å². The fraction of sp³-hybridized carbons (Fsp3) is 0.111. The lowest BCUT2D eigenvalue weighted by atomic mass is 10.3. The molecule has 2 heterocycles. The van der Waals surface area contributed by atoms with Gasteiger partial charge in [0.1, 0.15) is 17.3 Å². The predicted molar refractivity (Wildman–Crippen MR) is 103 cm³/mol. The zero-order chi connectivity index (χ0) is 18.5. The number of nitrogens with zero attached hydrogens (tertiary/aromatic N) is 3. The second-order valence-corrected chi connectivity index (χ2v) is 6.23. The van der Waals surface area contributed by atoms with Crippen molar-refractivity contribution in [1.82, 2.24) is 15.0 Å². The van der Waals surface area contributed by atoms with Crippen LogP contribution in [0.5, 0.6) is 0 Å². The minimum Gasteiger partial charge on any atom is -0.364 e. The molecule has 0 radical (unpaired) electrons. The third-order valence-corrected chi connectivity index (χ3v) is 4.08. The van der Waals surface area contributed by atoms with Crippen LogP contribution in [-0.4, -0.2) is 20.9 Å². The molecule has 0 unspecified atom stereocenters. The van der Waals surface area contributed by atoms with Crippen LogP contribution in [0, 0.1) is 6.92 Å². The smallest absolute Gasteiger partial charge is 0.274 e. The number of carbonyl (C=O) groups excluding carboxylic acids is 1. The molecule has 0 aliphatic rings. The molecule has 0 aliphatic heterocycles. The van der Waals surface area contributed by atoms with Crippen molar-refractivity contribution < 1.29 is 4.79 Å². The Balaban J connectivity index is 1.77. The third kappa shape index (κ3) is 4.47. The van der Waals surface area contributed by atoms with Crippen molar-refractivity contribution >= 4 is 40.6 Å². The fourth-order valence-corrected chi connectivity index (χ4v) is 2.75. The number of carbonyl (C=O) groups is 1. The molecule has 3 aromatic rings. The van der Waals surface area contributed by atoms with Crippen molar-refractivity contribution in [1.29, 1.82) is 0 Å². The van der Waals surface area contributed by atoms with E-state index in [0.29, 0.717) is 33.9 Å². The Hall–Kier alpha value is -2.70. The molecule has 0 atom stereocenters. The maximum atomic E-state index is 12.5. The first kappa shape index (κ1) is 18.1. The van der Waals surface area contributed by atoms with Gasteiger partial charge in [0.2, 0.25) is 0 Å². The number of anilines is 2. The second-order valence-electron chi connectivity index (χ2n) is 5.41.